The molecule has 319 valence electrons. The first kappa shape index (κ1) is 58.0. The maximum Gasteiger partial charge on any atom is 2.00 e. The number of carboxylic acids is 5. The molecule has 0 aromatic carbocycles. The van der Waals surface area contributed by atoms with Gasteiger partial charge in [0.15, 0.2) is 5.60 Å². The van der Waals surface area contributed by atoms with Gasteiger partial charge in [0.2, 0.25) is 0 Å². The van der Waals surface area contributed by atoms with E-state index in [1.54, 1.807) is 0 Å². The summed E-state index contributed by atoms with van der Waals surface area (Å²) in [6.07, 6.45) is 39.5. The molecule has 0 aromatic rings. The van der Waals surface area contributed by atoms with Crippen molar-refractivity contribution in [2.24, 2.45) is 0 Å². The van der Waals surface area contributed by atoms with Crippen LogP contribution in [0.1, 0.15) is 206 Å². The van der Waals surface area contributed by atoms with Crippen molar-refractivity contribution in [1.82, 2.24) is 0 Å². The first-order valence-electron chi connectivity index (χ1n) is 20.4. The van der Waals surface area contributed by atoms with Crippen LogP contribution in [0.15, 0.2) is 24.3 Å². The number of aliphatic carboxylic acids is 5. The average molecular weight is 819 g/mol. The molecule has 0 spiro atoms. The van der Waals surface area contributed by atoms with Crippen molar-refractivity contribution in [2.45, 2.75) is 212 Å². The van der Waals surface area contributed by atoms with Gasteiger partial charge in [-0.25, -0.2) is 4.79 Å². The third kappa shape index (κ3) is 51.4. The summed E-state index contributed by atoms with van der Waals surface area (Å²) in [5, 5.41) is 54.2. The fourth-order valence-corrected chi connectivity index (χ4v) is 5.39. The maximum atomic E-state index is 10.3. The molecule has 4 N–H and O–H groups in total. The molecule has 0 bridgehead atoms. The first-order chi connectivity index (χ1) is 25.3. The molecule has 12 heteroatoms. The zero-order valence-electron chi connectivity index (χ0n) is 33.5. The SMILES string of the molecule is CCCCCCCCC=CCCCCCCCC(=O)[O-].CCCCCCCCC=CCCCCCCCC(=O)[O-].O=C(O)CC(O)(CC(=O)O)C(=O)O.[Cu+2]. The van der Waals surface area contributed by atoms with Gasteiger partial charge in [-0.1, -0.05) is 141 Å². The molecule has 0 amide bonds. The number of allylic oxidation sites excluding steroid dienone is 4. The van der Waals surface area contributed by atoms with E-state index in [1.165, 1.54) is 128 Å². The molecule has 54 heavy (non-hydrogen) atoms. The van der Waals surface area contributed by atoms with Gasteiger partial charge in [-0.15, -0.1) is 0 Å². The molecule has 0 saturated carbocycles. The molecule has 0 rings (SSSR count). The summed E-state index contributed by atoms with van der Waals surface area (Å²) < 4.78 is 0. The molecule has 11 nitrogen and oxygen atoms in total. The second kappa shape index (κ2) is 44.7. The van der Waals surface area contributed by atoms with Crippen LogP contribution in [0.4, 0.5) is 0 Å². The Morgan fingerprint density at radius 1 is 0.444 bits per heavy atom. The molecule has 0 unspecified atom stereocenters. The van der Waals surface area contributed by atoms with Gasteiger partial charge in [-0.3, -0.25) is 9.59 Å². The van der Waals surface area contributed by atoms with Gasteiger partial charge in [0, 0.05) is 11.9 Å². The van der Waals surface area contributed by atoms with Crippen molar-refractivity contribution >= 4 is 29.8 Å². The van der Waals surface area contributed by atoms with Gasteiger partial charge in [-0.2, -0.15) is 0 Å². The Labute approximate surface area is 337 Å². The molecule has 0 aliphatic heterocycles. The molecule has 0 saturated heterocycles. The molecule has 0 aromatic heterocycles. The number of carboxylic acid groups (broad SMARTS) is 5. The minimum atomic E-state index is -2.74. The standard InChI is InChI=1S/2C18H34O2.C6H8O7.Cu/c2*1-2-3-4-5-6-7-8-9-10-11-12-13-14-15-16-17-18(19)20;7-3(8)1-6(13,5(11)12)2-4(9)10;/h2*9-10H,2-8,11-17H2,1H3,(H,19,20);13H,1-2H2,(H,7,8)(H,9,10)(H,11,12);/q;;;+2/p-2. The normalized spacial score (nSPS) is 10.9. The zero-order valence-corrected chi connectivity index (χ0v) is 34.4. The third-order valence-electron chi connectivity index (χ3n) is 8.57. The molecular weight excluding hydrogens is 744 g/mol. The van der Waals surface area contributed by atoms with E-state index in [-0.39, 0.29) is 29.9 Å². The Balaban J connectivity index is -0.000000353. The van der Waals surface area contributed by atoms with Crippen molar-refractivity contribution < 1.29 is 71.7 Å². The second-order valence-corrected chi connectivity index (χ2v) is 13.9. The predicted octanol–water partition coefficient (Wildman–Crippen LogP) is 8.30. The number of unbranched alkanes of at least 4 members (excludes halogenated alkanes) is 22. The van der Waals surface area contributed by atoms with Gasteiger partial charge in [0.1, 0.15) is 0 Å². The Hall–Kier alpha value is -2.69. The average Bonchev–Trinajstić information content (AvgIpc) is 3.08. The van der Waals surface area contributed by atoms with Gasteiger partial charge in [0.25, 0.3) is 0 Å². The second-order valence-electron chi connectivity index (χ2n) is 13.9. The fourth-order valence-electron chi connectivity index (χ4n) is 5.39. The Morgan fingerprint density at radius 3 is 0.907 bits per heavy atom. The van der Waals surface area contributed by atoms with Gasteiger partial charge >= 0.3 is 35.0 Å². The molecule has 0 aliphatic carbocycles. The van der Waals surface area contributed by atoms with E-state index in [2.05, 4.69) is 38.2 Å². The van der Waals surface area contributed by atoms with Crippen LogP contribution in [-0.2, 0) is 41.0 Å². The Morgan fingerprint density at radius 2 is 0.685 bits per heavy atom. The van der Waals surface area contributed by atoms with Crippen molar-refractivity contribution in [2.75, 3.05) is 0 Å². The van der Waals surface area contributed by atoms with Gasteiger partial charge in [0.05, 0.1) is 12.8 Å². The molecule has 1 radical (unpaired) electrons. The van der Waals surface area contributed by atoms with E-state index >= 15 is 0 Å². The van der Waals surface area contributed by atoms with E-state index in [0.717, 1.165) is 38.5 Å². The Bertz CT molecular complexity index is 900. The summed E-state index contributed by atoms with van der Waals surface area (Å²) in [7, 11) is 0. The van der Waals surface area contributed by atoms with Crippen LogP contribution in [0.3, 0.4) is 0 Å². The summed E-state index contributed by atoms with van der Waals surface area (Å²) in [4.78, 5) is 50.9. The van der Waals surface area contributed by atoms with Gasteiger partial charge < -0.3 is 40.2 Å². The largest absolute Gasteiger partial charge is 2.00 e. The number of aliphatic hydroxyl groups is 1. The zero-order chi connectivity index (χ0) is 40.4. The van der Waals surface area contributed by atoms with Crippen LogP contribution in [-0.4, -0.2) is 55.9 Å². The van der Waals surface area contributed by atoms with Crippen molar-refractivity contribution in [1.29, 1.82) is 0 Å². The van der Waals surface area contributed by atoms with E-state index in [0.29, 0.717) is 0 Å². The Kier molecular flexibility index (Phi) is 48.0. The third-order valence-corrected chi connectivity index (χ3v) is 8.57. The topological polar surface area (TPSA) is 212 Å². The molecular formula is C42H74CuO11. The molecule has 0 aliphatic rings. The summed E-state index contributed by atoms with van der Waals surface area (Å²) >= 11 is 0. The minimum Gasteiger partial charge on any atom is -0.550 e. The monoisotopic (exact) mass is 817 g/mol. The summed E-state index contributed by atoms with van der Waals surface area (Å²) in [5.41, 5.74) is -2.74. The van der Waals surface area contributed by atoms with Crippen molar-refractivity contribution in [3.63, 3.8) is 0 Å². The van der Waals surface area contributed by atoms with Crippen molar-refractivity contribution in [3.8, 4) is 0 Å². The number of hydrogen-bond donors (Lipinski definition) is 4. The van der Waals surface area contributed by atoms with Crippen LogP contribution < -0.4 is 10.2 Å². The van der Waals surface area contributed by atoms with E-state index < -0.39 is 48.3 Å². The van der Waals surface area contributed by atoms with E-state index in [4.69, 9.17) is 20.4 Å². The number of carbonyl (C=O) groups is 5. The first-order valence-corrected chi connectivity index (χ1v) is 20.4. The van der Waals surface area contributed by atoms with Crippen LogP contribution in [0, 0.1) is 0 Å². The summed E-state index contributed by atoms with van der Waals surface area (Å²) in [6.45, 7) is 4.51. The predicted molar refractivity (Wildman–Crippen MR) is 206 cm³/mol. The number of carbonyl (C=O) groups excluding carboxylic acids is 2. The number of rotatable bonds is 35. The van der Waals surface area contributed by atoms with Crippen LogP contribution in [0.25, 0.3) is 0 Å². The summed E-state index contributed by atoms with van der Waals surface area (Å²) in [5.74, 6) is -6.85. The minimum absolute atomic E-state index is 0. The van der Waals surface area contributed by atoms with Crippen LogP contribution in [0.5, 0.6) is 0 Å². The van der Waals surface area contributed by atoms with Gasteiger partial charge in [-0.05, 0) is 77.0 Å². The molecule has 0 heterocycles. The van der Waals surface area contributed by atoms with E-state index in [1.807, 2.05) is 0 Å². The molecule has 0 fully saturated rings. The smallest absolute Gasteiger partial charge is 0.550 e. The van der Waals surface area contributed by atoms with Crippen LogP contribution in [0.2, 0.25) is 0 Å². The fraction of sp³-hybridized carbons (Fsp3) is 0.786. The summed E-state index contributed by atoms with van der Waals surface area (Å²) in [6, 6.07) is 0. The van der Waals surface area contributed by atoms with E-state index in [9.17, 15) is 34.2 Å². The van der Waals surface area contributed by atoms with Crippen molar-refractivity contribution in [3.05, 3.63) is 24.3 Å². The quantitative estimate of drug-likeness (QED) is 0.0271. The van der Waals surface area contributed by atoms with Crippen LogP contribution >= 0.6 is 0 Å². The number of hydrogen-bond acceptors (Lipinski definition) is 8. The molecule has 0 atom stereocenters. The maximum absolute atomic E-state index is 10.3.